The smallest absolute Gasteiger partial charge is 0.273 e. The number of nitro groups is 1. The molecule has 0 amide bonds. The van der Waals surface area contributed by atoms with E-state index in [0.29, 0.717) is 12.6 Å². The lowest BCUT2D eigenvalue weighted by molar-refractivity contribution is -0.385. The summed E-state index contributed by atoms with van der Waals surface area (Å²) in [5, 5.41) is 14.2. The van der Waals surface area contributed by atoms with Crippen molar-refractivity contribution in [3.8, 4) is 0 Å². The van der Waals surface area contributed by atoms with Gasteiger partial charge < -0.3 is 5.32 Å². The Hall–Kier alpha value is -1.42. The maximum absolute atomic E-state index is 10.8. The molecule has 0 radical (unpaired) electrons. The highest BCUT2D eigenvalue weighted by atomic mass is 16.6. The molecule has 2 atom stereocenters. The molecule has 0 aromatic heterocycles. The maximum atomic E-state index is 10.8. The normalized spacial score (nSPS) is 22.4. The van der Waals surface area contributed by atoms with E-state index in [1.54, 1.807) is 12.1 Å². The van der Waals surface area contributed by atoms with Crippen molar-refractivity contribution in [2.24, 2.45) is 5.92 Å². The van der Waals surface area contributed by atoms with Gasteiger partial charge in [0, 0.05) is 24.2 Å². The molecule has 0 bridgehead atoms. The first-order chi connectivity index (χ1) is 8.22. The molecule has 4 nitrogen and oxygen atoms in total. The number of nitrogens with one attached hydrogen (secondary N) is 1. The summed E-state index contributed by atoms with van der Waals surface area (Å²) in [6.07, 6.45) is 3.69. The van der Waals surface area contributed by atoms with Crippen LogP contribution < -0.4 is 5.32 Å². The molecule has 2 unspecified atom stereocenters. The van der Waals surface area contributed by atoms with E-state index in [4.69, 9.17) is 0 Å². The van der Waals surface area contributed by atoms with E-state index < -0.39 is 0 Å². The second kappa shape index (κ2) is 5.27. The third kappa shape index (κ3) is 3.03. The van der Waals surface area contributed by atoms with Crippen molar-refractivity contribution in [1.29, 1.82) is 0 Å². The van der Waals surface area contributed by atoms with E-state index in [-0.39, 0.29) is 10.6 Å². The van der Waals surface area contributed by atoms with Crippen LogP contribution in [-0.4, -0.2) is 11.0 Å². The number of rotatable bonds is 6. The summed E-state index contributed by atoms with van der Waals surface area (Å²) in [5.74, 6) is 0.780. The molecule has 0 spiro atoms. The molecule has 92 valence electrons. The number of hydrogen-bond acceptors (Lipinski definition) is 3. The lowest BCUT2D eigenvalue weighted by atomic mass is 10.2. The Bertz CT molecular complexity index is 406. The van der Waals surface area contributed by atoms with E-state index in [2.05, 4.69) is 12.2 Å². The third-order valence-corrected chi connectivity index (χ3v) is 3.33. The van der Waals surface area contributed by atoms with Gasteiger partial charge in [0.25, 0.3) is 5.69 Å². The van der Waals surface area contributed by atoms with Gasteiger partial charge in [0.05, 0.1) is 4.92 Å². The molecule has 17 heavy (non-hydrogen) atoms. The van der Waals surface area contributed by atoms with Gasteiger partial charge in [-0.3, -0.25) is 10.1 Å². The van der Waals surface area contributed by atoms with Crippen LogP contribution in [0, 0.1) is 16.0 Å². The summed E-state index contributed by atoms with van der Waals surface area (Å²) in [4.78, 5) is 10.5. The average molecular weight is 234 g/mol. The van der Waals surface area contributed by atoms with Crippen LogP contribution in [0.5, 0.6) is 0 Å². The zero-order chi connectivity index (χ0) is 12.3. The average Bonchev–Trinajstić information content (AvgIpc) is 3.06. The predicted molar refractivity (Wildman–Crippen MR) is 66.7 cm³/mol. The Labute approximate surface area is 101 Å². The number of nitro benzene ring substituents is 1. The van der Waals surface area contributed by atoms with Crippen molar-refractivity contribution in [2.75, 3.05) is 0 Å². The molecule has 1 aliphatic rings. The standard InChI is InChI=1S/C13H18N2O2/c1-2-5-10-8-12(10)14-9-11-6-3-4-7-13(11)15(16)17/h3-4,6-7,10,12,14H,2,5,8-9H2,1H3. The molecule has 1 fully saturated rings. The molecule has 1 saturated carbocycles. The van der Waals surface area contributed by atoms with Crippen LogP contribution in [0.25, 0.3) is 0 Å². The van der Waals surface area contributed by atoms with Gasteiger partial charge in [-0.05, 0) is 18.8 Å². The molecule has 1 aromatic carbocycles. The van der Waals surface area contributed by atoms with Crippen molar-refractivity contribution in [2.45, 2.75) is 38.8 Å². The molecule has 0 heterocycles. The first kappa shape index (κ1) is 12.0. The number of hydrogen-bond donors (Lipinski definition) is 1. The first-order valence-corrected chi connectivity index (χ1v) is 6.18. The highest BCUT2D eigenvalue weighted by Gasteiger charge is 2.35. The van der Waals surface area contributed by atoms with Crippen LogP contribution in [0.1, 0.15) is 31.7 Å². The van der Waals surface area contributed by atoms with Crippen LogP contribution in [0.4, 0.5) is 5.69 Å². The van der Waals surface area contributed by atoms with Crippen molar-refractivity contribution in [3.05, 3.63) is 39.9 Å². The fraction of sp³-hybridized carbons (Fsp3) is 0.538. The summed E-state index contributed by atoms with van der Waals surface area (Å²) in [7, 11) is 0. The Morgan fingerprint density at radius 3 is 2.94 bits per heavy atom. The molecular formula is C13H18N2O2. The SMILES string of the molecule is CCCC1CC1NCc1ccccc1[N+](=O)[O-]. The fourth-order valence-corrected chi connectivity index (χ4v) is 2.27. The van der Waals surface area contributed by atoms with E-state index in [1.165, 1.54) is 19.3 Å². The summed E-state index contributed by atoms with van der Waals surface area (Å²) in [6, 6.07) is 7.50. The van der Waals surface area contributed by atoms with Crippen LogP contribution >= 0.6 is 0 Å². The summed E-state index contributed by atoms with van der Waals surface area (Å²) < 4.78 is 0. The van der Waals surface area contributed by atoms with Gasteiger partial charge in [-0.1, -0.05) is 31.5 Å². The summed E-state index contributed by atoms with van der Waals surface area (Å²) in [6.45, 7) is 2.79. The van der Waals surface area contributed by atoms with Crippen LogP contribution in [-0.2, 0) is 6.54 Å². The highest BCUT2D eigenvalue weighted by Crippen LogP contribution is 2.35. The second-order valence-electron chi connectivity index (χ2n) is 4.66. The first-order valence-electron chi connectivity index (χ1n) is 6.18. The monoisotopic (exact) mass is 234 g/mol. The molecule has 1 N–H and O–H groups in total. The van der Waals surface area contributed by atoms with Gasteiger partial charge >= 0.3 is 0 Å². The number of nitrogens with zero attached hydrogens (tertiary/aromatic N) is 1. The fourth-order valence-electron chi connectivity index (χ4n) is 2.27. The second-order valence-corrected chi connectivity index (χ2v) is 4.66. The minimum atomic E-state index is -0.312. The lowest BCUT2D eigenvalue weighted by Crippen LogP contribution is -2.18. The summed E-state index contributed by atoms with van der Waals surface area (Å²) >= 11 is 0. The molecule has 0 saturated heterocycles. The van der Waals surface area contributed by atoms with Gasteiger partial charge in [0.1, 0.15) is 0 Å². The quantitative estimate of drug-likeness (QED) is 0.608. The van der Waals surface area contributed by atoms with Crippen molar-refractivity contribution >= 4 is 5.69 Å². The Kier molecular flexibility index (Phi) is 3.74. The van der Waals surface area contributed by atoms with Crippen LogP contribution in [0.3, 0.4) is 0 Å². The lowest BCUT2D eigenvalue weighted by Gasteiger charge is -2.04. The maximum Gasteiger partial charge on any atom is 0.273 e. The molecule has 0 aliphatic heterocycles. The minimum absolute atomic E-state index is 0.215. The Morgan fingerprint density at radius 2 is 2.24 bits per heavy atom. The van der Waals surface area contributed by atoms with E-state index in [0.717, 1.165) is 11.5 Å². The molecule has 1 aromatic rings. The van der Waals surface area contributed by atoms with Gasteiger partial charge in [-0.25, -0.2) is 0 Å². The molecule has 2 rings (SSSR count). The Morgan fingerprint density at radius 1 is 1.47 bits per heavy atom. The van der Waals surface area contributed by atoms with Crippen LogP contribution in [0.2, 0.25) is 0 Å². The minimum Gasteiger partial charge on any atom is -0.309 e. The number of benzene rings is 1. The Balaban J connectivity index is 1.89. The van der Waals surface area contributed by atoms with Gasteiger partial charge in [0.2, 0.25) is 0 Å². The summed E-state index contributed by atoms with van der Waals surface area (Å²) in [5.41, 5.74) is 0.993. The van der Waals surface area contributed by atoms with Gasteiger partial charge in [-0.2, -0.15) is 0 Å². The zero-order valence-corrected chi connectivity index (χ0v) is 10.1. The van der Waals surface area contributed by atoms with Crippen molar-refractivity contribution in [3.63, 3.8) is 0 Å². The van der Waals surface area contributed by atoms with E-state index in [1.807, 2.05) is 12.1 Å². The highest BCUT2D eigenvalue weighted by molar-refractivity contribution is 5.39. The molecule has 1 aliphatic carbocycles. The zero-order valence-electron chi connectivity index (χ0n) is 10.1. The third-order valence-electron chi connectivity index (χ3n) is 3.33. The largest absolute Gasteiger partial charge is 0.309 e. The molecule has 4 heteroatoms. The predicted octanol–water partition coefficient (Wildman–Crippen LogP) is 2.87. The number of para-hydroxylation sites is 1. The van der Waals surface area contributed by atoms with Crippen LogP contribution in [0.15, 0.2) is 24.3 Å². The molecular weight excluding hydrogens is 216 g/mol. The van der Waals surface area contributed by atoms with Crippen molar-refractivity contribution in [1.82, 2.24) is 5.32 Å². The van der Waals surface area contributed by atoms with E-state index >= 15 is 0 Å². The van der Waals surface area contributed by atoms with Crippen molar-refractivity contribution < 1.29 is 4.92 Å². The van der Waals surface area contributed by atoms with Gasteiger partial charge in [-0.15, -0.1) is 0 Å². The topological polar surface area (TPSA) is 55.2 Å². The van der Waals surface area contributed by atoms with E-state index in [9.17, 15) is 10.1 Å². The van der Waals surface area contributed by atoms with Gasteiger partial charge in [0.15, 0.2) is 0 Å².